The van der Waals surface area contributed by atoms with Gasteiger partial charge in [0, 0.05) is 17.2 Å². The molecule has 3 nitrogen and oxygen atoms in total. The molecule has 0 saturated heterocycles. The van der Waals surface area contributed by atoms with Crippen LogP contribution in [0.1, 0.15) is 16.8 Å². The molecule has 1 aromatic carbocycles. The van der Waals surface area contributed by atoms with Gasteiger partial charge in [-0.2, -0.15) is 0 Å². The van der Waals surface area contributed by atoms with Crippen molar-refractivity contribution in [3.05, 3.63) is 75.8 Å². The topological polar surface area (TPSA) is 34.4 Å². The van der Waals surface area contributed by atoms with Crippen LogP contribution < -0.4 is 5.56 Å². The molecule has 0 fully saturated rings. The Balaban J connectivity index is 2.06. The first-order chi connectivity index (χ1) is 11.1. The number of benzene rings is 1. The van der Waals surface area contributed by atoms with Gasteiger partial charge in [-0.15, -0.1) is 11.8 Å². The third kappa shape index (κ3) is 3.33. The number of aromatic nitrogens is 2. The molecule has 0 aliphatic carbocycles. The van der Waals surface area contributed by atoms with E-state index >= 15 is 0 Å². The van der Waals surface area contributed by atoms with E-state index in [9.17, 15) is 4.79 Å². The lowest BCUT2D eigenvalue weighted by Gasteiger charge is -2.06. The molecule has 0 N–H and O–H groups in total. The molecule has 0 amide bonds. The third-order valence-corrected chi connectivity index (χ3v) is 4.59. The van der Waals surface area contributed by atoms with Gasteiger partial charge in [0.2, 0.25) is 0 Å². The zero-order chi connectivity index (χ0) is 16.4. The van der Waals surface area contributed by atoms with Crippen LogP contribution in [0.15, 0.2) is 58.4 Å². The van der Waals surface area contributed by atoms with Crippen LogP contribution >= 0.6 is 23.4 Å². The second-order valence-electron chi connectivity index (χ2n) is 5.13. The lowest BCUT2D eigenvalue weighted by Crippen LogP contribution is -2.15. The number of aryl methyl sites for hydroxylation is 1. The summed E-state index contributed by atoms with van der Waals surface area (Å²) in [6.07, 6.45) is 5.56. The van der Waals surface area contributed by atoms with E-state index in [2.05, 4.69) is 4.98 Å². The summed E-state index contributed by atoms with van der Waals surface area (Å²) in [6.45, 7) is 1.92. The summed E-state index contributed by atoms with van der Waals surface area (Å²) >= 11 is 8.07. The molecule has 0 bridgehead atoms. The van der Waals surface area contributed by atoms with E-state index in [1.54, 1.807) is 18.0 Å². The highest BCUT2D eigenvalue weighted by molar-refractivity contribution is 7.98. The molecule has 0 radical (unpaired) electrons. The predicted octanol–water partition coefficient (Wildman–Crippen LogP) is 4.46. The van der Waals surface area contributed by atoms with Crippen molar-refractivity contribution in [3.8, 4) is 0 Å². The minimum Gasteiger partial charge on any atom is -0.269 e. The van der Waals surface area contributed by atoms with Crippen molar-refractivity contribution in [1.82, 2.24) is 9.38 Å². The number of hydrogen-bond acceptors (Lipinski definition) is 3. The van der Waals surface area contributed by atoms with Crippen molar-refractivity contribution in [2.24, 2.45) is 0 Å². The Kier molecular flexibility index (Phi) is 4.55. The van der Waals surface area contributed by atoms with E-state index in [4.69, 9.17) is 11.6 Å². The fraction of sp³-hybridized carbons (Fsp3) is 0.111. The minimum absolute atomic E-state index is 0.141. The van der Waals surface area contributed by atoms with Crippen molar-refractivity contribution in [2.45, 2.75) is 11.8 Å². The SMILES string of the molecule is CSc1ccc(/C=C(\Cl)c2cc(=O)n3cccc(C)c3n2)cc1. The maximum Gasteiger partial charge on any atom is 0.258 e. The summed E-state index contributed by atoms with van der Waals surface area (Å²) < 4.78 is 1.52. The van der Waals surface area contributed by atoms with Crippen LogP contribution in [0.3, 0.4) is 0 Å². The Morgan fingerprint density at radius 1 is 1.26 bits per heavy atom. The Morgan fingerprint density at radius 2 is 2.00 bits per heavy atom. The first-order valence-corrected chi connectivity index (χ1v) is 8.69. The molecule has 5 heteroatoms. The molecule has 0 spiro atoms. The van der Waals surface area contributed by atoms with Crippen LogP contribution in [-0.4, -0.2) is 15.6 Å². The quantitative estimate of drug-likeness (QED) is 0.659. The number of nitrogens with zero attached hydrogens (tertiary/aromatic N) is 2. The smallest absolute Gasteiger partial charge is 0.258 e. The summed E-state index contributed by atoms with van der Waals surface area (Å²) in [6, 6.07) is 13.3. The zero-order valence-corrected chi connectivity index (χ0v) is 14.4. The predicted molar refractivity (Wildman–Crippen MR) is 98.1 cm³/mol. The second-order valence-corrected chi connectivity index (χ2v) is 6.42. The molecule has 23 heavy (non-hydrogen) atoms. The minimum atomic E-state index is -0.141. The molecule has 0 unspecified atom stereocenters. The highest BCUT2D eigenvalue weighted by atomic mass is 35.5. The number of rotatable bonds is 3. The standard InChI is InChI=1S/C18H15ClN2OS/c1-12-4-3-9-21-17(22)11-16(20-18(12)21)15(19)10-13-5-7-14(23-2)8-6-13/h3-11H,1-2H3/b15-10-. The molecule has 0 aliphatic rings. The van der Waals surface area contributed by atoms with Crippen molar-refractivity contribution < 1.29 is 0 Å². The average Bonchev–Trinajstić information content (AvgIpc) is 2.56. The molecule has 116 valence electrons. The van der Waals surface area contributed by atoms with Gasteiger partial charge in [0.05, 0.1) is 10.7 Å². The van der Waals surface area contributed by atoms with Crippen LogP contribution in [0, 0.1) is 6.92 Å². The van der Waals surface area contributed by atoms with E-state index < -0.39 is 0 Å². The van der Waals surface area contributed by atoms with Gasteiger partial charge in [-0.05, 0) is 48.6 Å². The molecule has 2 heterocycles. The fourth-order valence-corrected chi connectivity index (χ4v) is 2.94. The molecular formula is C18H15ClN2OS. The van der Waals surface area contributed by atoms with Crippen molar-refractivity contribution in [2.75, 3.05) is 6.26 Å². The number of fused-ring (bicyclic) bond motifs is 1. The monoisotopic (exact) mass is 342 g/mol. The lowest BCUT2D eigenvalue weighted by atomic mass is 10.2. The summed E-state index contributed by atoms with van der Waals surface area (Å²) in [5.41, 5.74) is 2.87. The summed E-state index contributed by atoms with van der Waals surface area (Å²) in [7, 11) is 0. The third-order valence-electron chi connectivity index (χ3n) is 3.54. The van der Waals surface area contributed by atoms with Gasteiger partial charge in [-0.25, -0.2) is 4.98 Å². The molecule has 0 atom stereocenters. The Bertz CT molecular complexity index is 945. The second kappa shape index (κ2) is 6.60. The molecule has 3 rings (SSSR count). The summed E-state index contributed by atoms with van der Waals surface area (Å²) in [5.74, 6) is 0. The maximum absolute atomic E-state index is 12.2. The highest BCUT2D eigenvalue weighted by Crippen LogP contribution is 2.22. The van der Waals surface area contributed by atoms with E-state index in [0.29, 0.717) is 16.4 Å². The van der Waals surface area contributed by atoms with Crippen LogP contribution in [-0.2, 0) is 0 Å². The number of pyridine rings is 1. The molecule has 0 aliphatic heterocycles. The van der Waals surface area contributed by atoms with Crippen LogP contribution in [0.4, 0.5) is 0 Å². The molecule has 3 aromatic rings. The van der Waals surface area contributed by atoms with Crippen LogP contribution in [0.2, 0.25) is 0 Å². The molecular weight excluding hydrogens is 328 g/mol. The number of halogens is 1. The average molecular weight is 343 g/mol. The largest absolute Gasteiger partial charge is 0.269 e. The van der Waals surface area contributed by atoms with Gasteiger partial charge in [0.15, 0.2) is 0 Å². The van der Waals surface area contributed by atoms with Crippen molar-refractivity contribution in [1.29, 1.82) is 0 Å². The Morgan fingerprint density at radius 3 is 2.70 bits per heavy atom. The number of hydrogen-bond donors (Lipinski definition) is 0. The number of thioether (sulfide) groups is 1. The van der Waals surface area contributed by atoms with Gasteiger partial charge in [-0.1, -0.05) is 29.8 Å². The Hall–Kier alpha value is -2.04. The van der Waals surface area contributed by atoms with Gasteiger partial charge in [0.25, 0.3) is 5.56 Å². The van der Waals surface area contributed by atoms with E-state index in [1.165, 1.54) is 15.4 Å². The highest BCUT2D eigenvalue weighted by Gasteiger charge is 2.07. The van der Waals surface area contributed by atoms with Crippen LogP contribution in [0.5, 0.6) is 0 Å². The molecule has 2 aromatic heterocycles. The summed E-state index contributed by atoms with van der Waals surface area (Å²) in [5, 5.41) is 0.449. The molecule has 0 saturated carbocycles. The van der Waals surface area contributed by atoms with Gasteiger partial charge in [-0.3, -0.25) is 9.20 Å². The van der Waals surface area contributed by atoms with Crippen molar-refractivity contribution >= 4 is 40.1 Å². The van der Waals surface area contributed by atoms with Gasteiger partial charge >= 0.3 is 0 Å². The maximum atomic E-state index is 12.2. The van der Waals surface area contributed by atoms with E-state index in [-0.39, 0.29) is 5.56 Å². The normalized spacial score (nSPS) is 11.9. The van der Waals surface area contributed by atoms with Crippen LogP contribution in [0.25, 0.3) is 16.8 Å². The first kappa shape index (κ1) is 15.8. The lowest BCUT2D eigenvalue weighted by molar-refractivity contribution is 1.02. The van der Waals surface area contributed by atoms with E-state index in [1.807, 2.05) is 55.7 Å². The fourth-order valence-electron chi connectivity index (χ4n) is 2.30. The summed E-state index contributed by atoms with van der Waals surface area (Å²) in [4.78, 5) is 17.9. The van der Waals surface area contributed by atoms with E-state index in [0.717, 1.165) is 11.1 Å². The Labute approximate surface area is 143 Å². The first-order valence-electron chi connectivity index (χ1n) is 7.09. The van der Waals surface area contributed by atoms with Gasteiger partial charge < -0.3 is 0 Å². The van der Waals surface area contributed by atoms with Crippen molar-refractivity contribution in [3.63, 3.8) is 0 Å². The van der Waals surface area contributed by atoms with Gasteiger partial charge in [0.1, 0.15) is 5.65 Å². The zero-order valence-electron chi connectivity index (χ0n) is 12.8.